The first-order valence-electron chi connectivity index (χ1n) is 9.80. The van der Waals surface area contributed by atoms with Crippen molar-refractivity contribution in [1.29, 1.82) is 0 Å². The molecule has 0 unspecified atom stereocenters. The Morgan fingerprint density at radius 2 is 1.79 bits per heavy atom. The molecule has 1 aliphatic heterocycles. The van der Waals surface area contributed by atoms with E-state index in [1.54, 1.807) is 6.07 Å². The molecule has 1 saturated heterocycles. The second-order valence-corrected chi connectivity index (χ2v) is 8.41. The average Bonchev–Trinajstić information content (AvgIpc) is 3.21. The summed E-state index contributed by atoms with van der Waals surface area (Å²) in [5.74, 6) is 0.388. The van der Waals surface area contributed by atoms with E-state index in [0.29, 0.717) is 31.1 Å². The number of nitrogens with zero attached hydrogens (tertiary/aromatic N) is 1. The molecule has 0 aliphatic carbocycles. The highest BCUT2D eigenvalue weighted by Crippen LogP contribution is 2.23. The van der Waals surface area contributed by atoms with Crippen LogP contribution >= 0.6 is 0 Å². The van der Waals surface area contributed by atoms with Gasteiger partial charge in [0.05, 0.1) is 11.8 Å². The summed E-state index contributed by atoms with van der Waals surface area (Å²) < 4.78 is 4.98. The Morgan fingerprint density at radius 3 is 2.36 bits per heavy atom. The molecule has 150 valence electrons. The van der Waals surface area contributed by atoms with E-state index in [1.165, 1.54) is 18.1 Å². The Morgan fingerprint density at radius 1 is 1.11 bits per heavy atom. The van der Waals surface area contributed by atoms with E-state index in [4.69, 9.17) is 4.42 Å². The quantitative estimate of drug-likeness (QED) is 0.829. The van der Waals surface area contributed by atoms with Crippen molar-refractivity contribution in [2.75, 3.05) is 25.0 Å². The lowest BCUT2D eigenvalue weighted by atomic mass is 9.87. The maximum Gasteiger partial charge on any atom is 0.319 e. The van der Waals surface area contributed by atoms with Gasteiger partial charge in [-0.2, -0.15) is 0 Å². The number of furan rings is 1. The molecule has 2 heterocycles. The topological polar surface area (TPSA) is 74.6 Å². The monoisotopic (exact) mass is 383 g/mol. The first kappa shape index (κ1) is 20.0. The van der Waals surface area contributed by atoms with Crippen LogP contribution in [0.1, 0.15) is 49.5 Å². The van der Waals surface area contributed by atoms with E-state index in [-0.39, 0.29) is 17.4 Å². The SMILES string of the molecule is CC(C)(C)c1ccc(NC(=O)NCC2CCN(C(=O)c3ccoc3)CC2)cc1. The molecule has 6 heteroatoms. The first-order valence-corrected chi connectivity index (χ1v) is 9.80. The van der Waals surface area contributed by atoms with Crippen molar-refractivity contribution in [3.63, 3.8) is 0 Å². The van der Waals surface area contributed by atoms with E-state index >= 15 is 0 Å². The van der Waals surface area contributed by atoms with Gasteiger partial charge in [-0.25, -0.2) is 4.79 Å². The number of amides is 3. The third-order valence-electron chi connectivity index (χ3n) is 5.23. The third kappa shape index (κ3) is 5.15. The standard InChI is InChI=1S/C22H29N3O3/c1-22(2,3)18-4-6-19(7-5-18)24-21(27)23-14-16-8-11-25(12-9-16)20(26)17-10-13-28-15-17/h4-7,10,13,15-16H,8-9,11-12,14H2,1-3H3,(H2,23,24,27). The molecular formula is C22H29N3O3. The number of urea groups is 1. The maximum atomic E-state index is 12.3. The number of nitrogens with one attached hydrogen (secondary N) is 2. The normalized spacial score (nSPS) is 15.3. The number of benzene rings is 1. The number of piperidine rings is 1. The highest BCUT2D eigenvalue weighted by molar-refractivity contribution is 5.93. The molecule has 6 nitrogen and oxygen atoms in total. The van der Waals surface area contributed by atoms with Crippen LogP contribution in [-0.4, -0.2) is 36.5 Å². The van der Waals surface area contributed by atoms with Gasteiger partial charge in [-0.05, 0) is 47.9 Å². The van der Waals surface area contributed by atoms with Crippen molar-refractivity contribution >= 4 is 17.6 Å². The Kier molecular flexibility index (Phi) is 6.07. The van der Waals surface area contributed by atoms with Gasteiger partial charge in [0.15, 0.2) is 0 Å². The Labute approximate surface area is 166 Å². The predicted octanol–water partition coefficient (Wildman–Crippen LogP) is 4.25. The zero-order valence-corrected chi connectivity index (χ0v) is 16.8. The number of carbonyl (C=O) groups excluding carboxylic acids is 2. The van der Waals surface area contributed by atoms with Crippen molar-refractivity contribution in [3.8, 4) is 0 Å². The van der Waals surface area contributed by atoms with E-state index in [0.717, 1.165) is 18.5 Å². The Hall–Kier alpha value is -2.76. The molecule has 3 amide bonds. The summed E-state index contributed by atoms with van der Waals surface area (Å²) in [5.41, 5.74) is 2.70. The molecule has 0 saturated carbocycles. The van der Waals surface area contributed by atoms with E-state index in [2.05, 4.69) is 31.4 Å². The maximum absolute atomic E-state index is 12.3. The molecule has 1 aromatic heterocycles. The van der Waals surface area contributed by atoms with Crippen molar-refractivity contribution in [2.24, 2.45) is 5.92 Å². The zero-order valence-electron chi connectivity index (χ0n) is 16.8. The van der Waals surface area contributed by atoms with Crippen molar-refractivity contribution in [1.82, 2.24) is 10.2 Å². The van der Waals surface area contributed by atoms with Gasteiger partial charge < -0.3 is 20.0 Å². The van der Waals surface area contributed by atoms with Gasteiger partial charge in [0, 0.05) is 25.3 Å². The average molecular weight is 383 g/mol. The van der Waals surface area contributed by atoms with Crippen molar-refractivity contribution < 1.29 is 14.0 Å². The number of anilines is 1. The lowest BCUT2D eigenvalue weighted by Crippen LogP contribution is -2.42. The van der Waals surface area contributed by atoms with Crippen LogP contribution in [0.4, 0.5) is 10.5 Å². The number of rotatable bonds is 4. The van der Waals surface area contributed by atoms with Crippen LogP contribution in [-0.2, 0) is 5.41 Å². The van der Waals surface area contributed by atoms with Crippen molar-refractivity contribution in [2.45, 2.75) is 39.0 Å². The summed E-state index contributed by atoms with van der Waals surface area (Å²) >= 11 is 0. The highest BCUT2D eigenvalue weighted by Gasteiger charge is 2.24. The summed E-state index contributed by atoms with van der Waals surface area (Å²) in [7, 11) is 0. The second-order valence-electron chi connectivity index (χ2n) is 8.41. The smallest absolute Gasteiger partial charge is 0.319 e. The van der Waals surface area contributed by atoms with Crippen molar-refractivity contribution in [3.05, 3.63) is 54.0 Å². The third-order valence-corrected chi connectivity index (χ3v) is 5.23. The van der Waals surface area contributed by atoms with Crippen LogP contribution in [0.15, 0.2) is 47.3 Å². The summed E-state index contributed by atoms with van der Waals surface area (Å²) in [5, 5.41) is 5.83. The lowest BCUT2D eigenvalue weighted by molar-refractivity contribution is 0.0690. The van der Waals surface area contributed by atoms with Crippen LogP contribution in [0.25, 0.3) is 0 Å². The van der Waals surface area contributed by atoms with Crippen LogP contribution in [0.3, 0.4) is 0 Å². The van der Waals surface area contributed by atoms with Crippen LogP contribution < -0.4 is 10.6 Å². The molecule has 1 aromatic carbocycles. The fourth-order valence-corrected chi connectivity index (χ4v) is 3.37. The van der Waals surface area contributed by atoms with Gasteiger partial charge >= 0.3 is 6.03 Å². The number of hydrogen-bond donors (Lipinski definition) is 2. The summed E-state index contributed by atoms with van der Waals surface area (Å²) in [6, 6.07) is 9.44. The zero-order chi connectivity index (χ0) is 20.1. The largest absolute Gasteiger partial charge is 0.472 e. The molecule has 0 spiro atoms. The minimum Gasteiger partial charge on any atom is -0.472 e. The van der Waals surface area contributed by atoms with E-state index in [9.17, 15) is 9.59 Å². The second kappa shape index (κ2) is 8.50. The molecule has 2 aromatic rings. The molecule has 1 fully saturated rings. The highest BCUT2D eigenvalue weighted by atomic mass is 16.3. The van der Waals surface area contributed by atoms with Gasteiger partial charge in [-0.3, -0.25) is 4.79 Å². The van der Waals surface area contributed by atoms with Gasteiger partial charge in [-0.1, -0.05) is 32.9 Å². The lowest BCUT2D eigenvalue weighted by Gasteiger charge is -2.31. The molecule has 2 N–H and O–H groups in total. The fourth-order valence-electron chi connectivity index (χ4n) is 3.37. The predicted molar refractivity (Wildman–Crippen MR) is 109 cm³/mol. The van der Waals surface area contributed by atoms with Crippen LogP contribution in [0.2, 0.25) is 0 Å². The summed E-state index contributed by atoms with van der Waals surface area (Å²) in [4.78, 5) is 26.3. The Balaban J connectivity index is 1.40. The molecule has 28 heavy (non-hydrogen) atoms. The molecular weight excluding hydrogens is 354 g/mol. The molecule has 1 aliphatic rings. The Bertz CT molecular complexity index is 783. The summed E-state index contributed by atoms with van der Waals surface area (Å²) in [6.07, 6.45) is 4.75. The summed E-state index contributed by atoms with van der Waals surface area (Å²) in [6.45, 7) is 8.50. The molecule has 0 radical (unpaired) electrons. The first-order chi connectivity index (χ1) is 13.3. The van der Waals surface area contributed by atoms with E-state index in [1.807, 2.05) is 29.2 Å². The van der Waals surface area contributed by atoms with E-state index < -0.39 is 0 Å². The molecule has 3 rings (SSSR count). The molecule has 0 bridgehead atoms. The van der Waals surface area contributed by atoms with Gasteiger partial charge in [0.2, 0.25) is 0 Å². The number of carbonyl (C=O) groups is 2. The minimum absolute atomic E-state index is 0.0107. The van der Waals surface area contributed by atoms with Gasteiger partial charge in [-0.15, -0.1) is 0 Å². The van der Waals surface area contributed by atoms with Gasteiger partial charge in [0.25, 0.3) is 5.91 Å². The number of likely N-dealkylation sites (tertiary alicyclic amines) is 1. The molecule has 0 atom stereocenters. The van der Waals surface area contributed by atoms with Gasteiger partial charge in [0.1, 0.15) is 6.26 Å². The number of hydrogen-bond acceptors (Lipinski definition) is 3. The van der Waals surface area contributed by atoms with Crippen LogP contribution in [0.5, 0.6) is 0 Å². The minimum atomic E-state index is -0.194. The fraction of sp³-hybridized carbons (Fsp3) is 0.455. The van der Waals surface area contributed by atoms with Crippen LogP contribution in [0, 0.1) is 5.92 Å².